The van der Waals surface area contributed by atoms with E-state index in [1.54, 1.807) is 23.5 Å². The van der Waals surface area contributed by atoms with E-state index in [1.165, 1.54) is 12.1 Å². The number of nitrogens with zero attached hydrogens (tertiary/aromatic N) is 3. The van der Waals surface area contributed by atoms with E-state index in [9.17, 15) is 4.39 Å². The molecule has 0 spiro atoms. The van der Waals surface area contributed by atoms with Gasteiger partial charge in [0.2, 0.25) is 0 Å². The summed E-state index contributed by atoms with van der Waals surface area (Å²) in [6.07, 6.45) is 1.98. The molecule has 4 rings (SSSR count). The third-order valence-corrected chi connectivity index (χ3v) is 4.17. The summed E-state index contributed by atoms with van der Waals surface area (Å²) in [6, 6.07) is 10.5. The molecule has 0 aliphatic carbocycles. The normalized spacial score (nSPS) is 11.2. The Bertz CT molecular complexity index is 940. The van der Waals surface area contributed by atoms with Crippen LogP contribution in [-0.4, -0.2) is 14.6 Å². The number of aryl methyl sites for hydroxylation is 1. The molecule has 0 aliphatic heterocycles. The number of rotatable bonds is 2. The Balaban J connectivity index is 2.04. The number of fused-ring (bicyclic) bond motifs is 1. The van der Waals surface area contributed by atoms with Gasteiger partial charge in [0.05, 0.1) is 22.3 Å². The van der Waals surface area contributed by atoms with Gasteiger partial charge in [0.25, 0.3) is 0 Å². The van der Waals surface area contributed by atoms with Crippen molar-refractivity contribution in [3.63, 3.8) is 0 Å². The molecule has 22 heavy (non-hydrogen) atoms. The van der Waals surface area contributed by atoms with Gasteiger partial charge in [-0.15, -0.1) is 11.3 Å². The molecule has 3 nitrogen and oxygen atoms in total. The molecule has 1 aromatic carbocycles. The molecule has 3 aromatic heterocycles. The number of pyridine rings is 1. The maximum absolute atomic E-state index is 13.2. The van der Waals surface area contributed by atoms with Crippen LogP contribution in [0, 0.1) is 12.7 Å². The predicted molar refractivity (Wildman–Crippen MR) is 86.4 cm³/mol. The van der Waals surface area contributed by atoms with E-state index in [-0.39, 0.29) is 5.82 Å². The Labute approximate surface area is 130 Å². The highest BCUT2D eigenvalue weighted by molar-refractivity contribution is 7.07. The highest BCUT2D eigenvalue weighted by atomic mass is 32.1. The van der Waals surface area contributed by atoms with E-state index in [0.717, 1.165) is 33.6 Å². The Hall–Kier alpha value is -2.53. The lowest BCUT2D eigenvalue weighted by Crippen LogP contribution is -1.87. The van der Waals surface area contributed by atoms with Gasteiger partial charge in [-0.1, -0.05) is 6.07 Å². The summed E-state index contributed by atoms with van der Waals surface area (Å²) in [4.78, 5) is 4.43. The van der Waals surface area contributed by atoms with Gasteiger partial charge in [-0.25, -0.2) is 13.9 Å². The third-order valence-electron chi connectivity index (χ3n) is 3.58. The first-order chi connectivity index (χ1) is 10.7. The number of benzene rings is 1. The molecular weight excluding hydrogens is 297 g/mol. The van der Waals surface area contributed by atoms with E-state index in [0.29, 0.717) is 0 Å². The van der Waals surface area contributed by atoms with Crippen molar-refractivity contribution < 1.29 is 4.39 Å². The Morgan fingerprint density at radius 2 is 1.91 bits per heavy atom. The lowest BCUT2D eigenvalue weighted by atomic mass is 10.0. The van der Waals surface area contributed by atoms with Crippen LogP contribution in [0.25, 0.3) is 28.0 Å². The van der Waals surface area contributed by atoms with E-state index in [4.69, 9.17) is 0 Å². The van der Waals surface area contributed by atoms with Crippen molar-refractivity contribution in [3.8, 4) is 22.5 Å². The van der Waals surface area contributed by atoms with Crippen molar-refractivity contribution in [2.75, 3.05) is 0 Å². The van der Waals surface area contributed by atoms with Crippen LogP contribution in [0.3, 0.4) is 0 Å². The van der Waals surface area contributed by atoms with Crippen LogP contribution in [0.15, 0.2) is 53.5 Å². The van der Waals surface area contributed by atoms with Gasteiger partial charge in [-0.2, -0.15) is 5.10 Å². The second-order valence-corrected chi connectivity index (χ2v) is 5.86. The molecule has 0 atom stereocenters. The van der Waals surface area contributed by atoms with Gasteiger partial charge in [0.15, 0.2) is 0 Å². The predicted octanol–water partition coefficient (Wildman–Crippen LogP) is 4.57. The molecule has 0 radical (unpaired) electrons. The third kappa shape index (κ3) is 2.10. The van der Waals surface area contributed by atoms with Crippen molar-refractivity contribution in [2.24, 2.45) is 0 Å². The lowest BCUT2D eigenvalue weighted by Gasteiger charge is -2.00. The largest absolute Gasteiger partial charge is 0.245 e. The lowest BCUT2D eigenvalue weighted by molar-refractivity contribution is 0.628. The number of hydrogen-bond acceptors (Lipinski definition) is 3. The van der Waals surface area contributed by atoms with Crippen molar-refractivity contribution in [1.29, 1.82) is 0 Å². The quantitative estimate of drug-likeness (QED) is 0.543. The molecule has 4 aromatic rings. The van der Waals surface area contributed by atoms with Gasteiger partial charge < -0.3 is 0 Å². The van der Waals surface area contributed by atoms with Crippen LogP contribution in [0.2, 0.25) is 0 Å². The molecule has 0 bridgehead atoms. The maximum Gasteiger partial charge on any atom is 0.123 e. The number of aromatic nitrogens is 3. The maximum atomic E-state index is 13.2. The van der Waals surface area contributed by atoms with E-state index in [1.807, 2.05) is 34.6 Å². The van der Waals surface area contributed by atoms with Gasteiger partial charge in [-0.05, 0) is 42.8 Å². The minimum absolute atomic E-state index is 0.251. The van der Waals surface area contributed by atoms with Crippen LogP contribution < -0.4 is 0 Å². The van der Waals surface area contributed by atoms with Crippen LogP contribution in [-0.2, 0) is 0 Å². The zero-order valence-corrected chi connectivity index (χ0v) is 12.6. The smallest absolute Gasteiger partial charge is 0.123 e. The summed E-state index contributed by atoms with van der Waals surface area (Å²) in [6.45, 7) is 2.03. The first-order valence-electron chi connectivity index (χ1n) is 6.86. The Morgan fingerprint density at radius 3 is 2.64 bits per heavy atom. The first-order valence-corrected chi connectivity index (χ1v) is 7.80. The topological polar surface area (TPSA) is 30.2 Å². The number of hydrogen-bond donors (Lipinski definition) is 0. The molecule has 0 unspecified atom stereocenters. The van der Waals surface area contributed by atoms with Crippen LogP contribution in [0.1, 0.15) is 5.56 Å². The molecule has 3 heterocycles. The van der Waals surface area contributed by atoms with Crippen LogP contribution >= 0.6 is 11.3 Å². The zero-order chi connectivity index (χ0) is 15.1. The molecule has 0 aliphatic rings. The van der Waals surface area contributed by atoms with Gasteiger partial charge in [0, 0.05) is 17.1 Å². The highest BCUT2D eigenvalue weighted by Gasteiger charge is 2.17. The summed E-state index contributed by atoms with van der Waals surface area (Å²) in [5, 5.41) is 6.69. The molecular formula is C17H12FN3S. The fourth-order valence-corrected chi connectivity index (χ4v) is 3.09. The SMILES string of the molecule is Cc1ccc2c(-c3cscn3)c(-c3ccc(F)cc3)nn2c1. The molecule has 0 saturated heterocycles. The minimum atomic E-state index is -0.251. The molecule has 0 N–H and O–H groups in total. The first kappa shape index (κ1) is 13.2. The fraction of sp³-hybridized carbons (Fsp3) is 0.0588. The second-order valence-electron chi connectivity index (χ2n) is 5.14. The average Bonchev–Trinajstić information content (AvgIpc) is 3.14. The van der Waals surface area contributed by atoms with Gasteiger partial charge in [-0.3, -0.25) is 0 Å². The zero-order valence-electron chi connectivity index (χ0n) is 11.8. The summed E-state index contributed by atoms with van der Waals surface area (Å²) in [5.74, 6) is -0.251. The summed E-state index contributed by atoms with van der Waals surface area (Å²) >= 11 is 1.55. The summed E-state index contributed by atoms with van der Waals surface area (Å²) in [5.41, 5.74) is 7.50. The van der Waals surface area contributed by atoms with Crippen molar-refractivity contribution >= 4 is 16.9 Å². The van der Waals surface area contributed by atoms with Crippen molar-refractivity contribution in [3.05, 3.63) is 64.9 Å². The second kappa shape index (κ2) is 5.03. The van der Waals surface area contributed by atoms with Gasteiger partial charge in [0.1, 0.15) is 11.5 Å². The summed E-state index contributed by atoms with van der Waals surface area (Å²) in [7, 11) is 0. The van der Waals surface area contributed by atoms with Crippen molar-refractivity contribution in [1.82, 2.24) is 14.6 Å². The minimum Gasteiger partial charge on any atom is -0.245 e. The number of thiazole rings is 1. The Kier molecular flexibility index (Phi) is 3.01. The molecule has 5 heteroatoms. The number of halogens is 1. The van der Waals surface area contributed by atoms with Crippen molar-refractivity contribution in [2.45, 2.75) is 6.92 Å². The average molecular weight is 309 g/mol. The van der Waals surface area contributed by atoms with E-state index < -0.39 is 0 Å². The van der Waals surface area contributed by atoms with Crippen LogP contribution in [0.5, 0.6) is 0 Å². The van der Waals surface area contributed by atoms with E-state index in [2.05, 4.69) is 16.1 Å². The van der Waals surface area contributed by atoms with Gasteiger partial charge >= 0.3 is 0 Å². The standard InChI is InChI=1S/C17H12FN3S/c1-11-2-7-15-16(14-9-22-10-19-14)17(20-21(15)8-11)12-3-5-13(18)6-4-12/h2-10H,1H3. The van der Waals surface area contributed by atoms with E-state index >= 15 is 0 Å². The highest BCUT2D eigenvalue weighted by Crippen LogP contribution is 2.35. The Morgan fingerprint density at radius 1 is 1.09 bits per heavy atom. The fourth-order valence-electron chi connectivity index (χ4n) is 2.55. The van der Waals surface area contributed by atoms with Crippen LogP contribution in [0.4, 0.5) is 4.39 Å². The molecule has 0 saturated carbocycles. The molecule has 0 amide bonds. The summed E-state index contributed by atoms with van der Waals surface area (Å²) < 4.78 is 15.1. The molecule has 0 fully saturated rings. The molecule has 108 valence electrons. The monoisotopic (exact) mass is 309 g/mol.